The molecule has 0 radical (unpaired) electrons. The highest BCUT2D eigenvalue weighted by Gasteiger charge is 2.31. The van der Waals surface area contributed by atoms with Crippen LogP contribution in [0.3, 0.4) is 0 Å². The Hall–Kier alpha value is -3.04. The lowest BCUT2D eigenvalue weighted by Gasteiger charge is -2.35. The number of halogens is 4. The highest BCUT2D eigenvalue weighted by molar-refractivity contribution is 6.30. The first-order chi connectivity index (χ1) is 19.2. The summed E-state index contributed by atoms with van der Waals surface area (Å²) in [6.07, 6.45) is -1.81. The van der Waals surface area contributed by atoms with Crippen molar-refractivity contribution in [2.24, 2.45) is 5.73 Å². The van der Waals surface area contributed by atoms with Crippen molar-refractivity contribution in [3.05, 3.63) is 88.6 Å². The fraction of sp³-hybridized carbons (Fsp3) is 0.355. The summed E-state index contributed by atoms with van der Waals surface area (Å²) in [4.78, 5) is 4.96. The molecule has 5 rings (SSSR count). The number of ether oxygens (including phenoxy) is 1. The molecule has 0 spiro atoms. The van der Waals surface area contributed by atoms with Crippen molar-refractivity contribution in [2.45, 2.75) is 39.3 Å². The fourth-order valence-corrected chi connectivity index (χ4v) is 5.62. The molecule has 4 aromatic rings. The van der Waals surface area contributed by atoms with Gasteiger partial charge in [0.05, 0.1) is 0 Å². The molecule has 1 aliphatic rings. The van der Waals surface area contributed by atoms with Crippen LogP contribution in [0.5, 0.6) is 5.75 Å². The Morgan fingerprint density at radius 2 is 1.60 bits per heavy atom. The molecule has 9 heteroatoms. The van der Waals surface area contributed by atoms with Crippen molar-refractivity contribution in [2.75, 3.05) is 32.7 Å². The number of aromatic nitrogens is 1. The van der Waals surface area contributed by atoms with Gasteiger partial charge in [0.15, 0.2) is 0 Å². The van der Waals surface area contributed by atoms with Gasteiger partial charge in [0, 0.05) is 73.5 Å². The minimum Gasteiger partial charge on any atom is -0.406 e. The van der Waals surface area contributed by atoms with Crippen LogP contribution in [-0.2, 0) is 19.6 Å². The lowest BCUT2D eigenvalue weighted by molar-refractivity contribution is -0.274. The van der Waals surface area contributed by atoms with Gasteiger partial charge in [-0.1, -0.05) is 35.9 Å². The number of piperazine rings is 1. The van der Waals surface area contributed by atoms with Crippen molar-refractivity contribution in [1.82, 2.24) is 14.4 Å². The molecule has 3 aromatic carbocycles. The predicted octanol–water partition coefficient (Wildman–Crippen LogP) is 6.84. The lowest BCUT2D eigenvalue weighted by Crippen LogP contribution is -2.45. The zero-order valence-corrected chi connectivity index (χ0v) is 23.3. The molecule has 2 N–H and O–H groups in total. The van der Waals surface area contributed by atoms with Crippen molar-refractivity contribution < 1.29 is 17.9 Å². The smallest absolute Gasteiger partial charge is 0.406 e. The minimum atomic E-state index is -4.71. The zero-order chi connectivity index (χ0) is 28.3. The Bertz CT molecular complexity index is 1440. The van der Waals surface area contributed by atoms with Gasteiger partial charge in [-0.05, 0) is 78.5 Å². The van der Waals surface area contributed by atoms with Gasteiger partial charge < -0.3 is 15.0 Å². The van der Waals surface area contributed by atoms with E-state index in [1.807, 2.05) is 12.1 Å². The van der Waals surface area contributed by atoms with E-state index in [9.17, 15) is 13.2 Å². The van der Waals surface area contributed by atoms with Crippen LogP contribution < -0.4 is 10.5 Å². The molecular weight excluding hydrogens is 537 g/mol. The van der Waals surface area contributed by atoms with Crippen molar-refractivity contribution >= 4 is 22.5 Å². The number of fused-ring (bicyclic) bond motifs is 1. The molecule has 40 heavy (non-hydrogen) atoms. The van der Waals surface area contributed by atoms with Crippen LogP contribution in [0, 0.1) is 6.92 Å². The molecule has 5 nitrogen and oxygen atoms in total. The van der Waals surface area contributed by atoms with Gasteiger partial charge in [0.2, 0.25) is 0 Å². The molecule has 1 saturated heterocycles. The largest absolute Gasteiger partial charge is 0.573 e. The van der Waals surface area contributed by atoms with Gasteiger partial charge in [-0.15, -0.1) is 13.2 Å². The second kappa shape index (κ2) is 12.2. The van der Waals surface area contributed by atoms with Crippen LogP contribution in [0.15, 0.2) is 66.9 Å². The maximum atomic E-state index is 12.6. The summed E-state index contributed by atoms with van der Waals surface area (Å²) >= 11 is 6.12. The van der Waals surface area contributed by atoms with E-state index in [1.54, 1.807) is 12.1 Å². The molecule has 1 aliphatic heterocycles. The van der Waals surface area contributed by atoms with Gasteiger partial charge in [-0.3, -0.25) is 9.80 Å². The maximum Gasteiger partial charge on any atom is 0.573 e. The van der Waals surface area contributed by atoms with Crippen molar-refractivity contribution in [3.8, 4) is 16.9 Å². The summed E-state index contributed by atoms with van der Waals surface area (Å²) < 4.78 is 44.1. The highest BCUT2D eigenvalue weighted by Crippen LogP contribution is 2.34. The van der Waals surface area contributed by atoms with Crippen LogP contribution in [0.2, 0.25) is 5.02 Å². The third-order valence-electron chi connectivity index (χ3n) is 7.52. The number of nitrogens with two attached hydrogens (primary N) is 1. The van der Waals surface area contributed by atoms with E-state index in [2.05, 4.69) is 56.5 Å². The minimum absolute atomic E-state index is 0.228. The summed E-state index contributed by atoms with van der Waals surface area (Å²) in [5, 5.41) is 1.85. The maximum absolute atomic E-state index is 12.6. The zero-order valence-electron chi connectivity index (χ0n) is 22.6. The Morgan fingerprint density at radius 1 is 0.900 bits per heavy atom. The molecule has 1 fully saturated rings. The fourth-order valence-electron chi connectivity index (χ4n) is 5.40. The van der Waals surface area contributed by atoms with E-state index in [0.717, 1.165) is 79.3 Å². The quantitative estimate of drug-likeness (QED) is 0.239. The highest BCUT2D eigenvalue weighted by atomic mass is 35.5. The monoisotopic (exact) mass is 570 g/mol. The van der Waals surface area contributed by atoms with E-state index in [1.165, 1.54) is 28.8 Å². The van der Waals surface area contributed by atoms with E-state index in [-0.39, 0.29) is 5.75 Å². The lowest BCUT2D eigenvalue weighted by atomic mass is 10.0. The summed E-state index contributed by atoms with van der Waals surface area (Å²) in [5.74, 6) is -0.228. The van der Waals surface area contributed by atoms with Gasteiger partial charge in [0.25, 0.3) is 0 Å². The molecule has 0 aliphatic carbocycles. The Morgan fingerprint density at radius 3 is 2.25 bits per heavy atom. The third kappa shape index (κ3) is 6.99. The first kappa shape index (κ1) is 28.5. The summed E-state index contributed by atoms with van der Waals surface area (Å²) in [5.41, 5.74) is 12.4. The second-order valence-corrected chi connectivity index (χ2v) is 10.9. The number of rotatable bonds is 9. The Labute approximate surface area is 237 Å². The number of hydrogen-bond acceptors (Lipinski definition) is 4. The number of nitrogens with zero attached hydrogens (tertiary/aromatic N) is 3. The van der Waals surface area contributed by atoms with Gasteiger partial charge in [0.1, 0.15) is 5.75 Å². The predicted molar refractivity (Wildman–Crippen MR) is 154 cm³/mol. The number of benzene rings is 3. The number of hydrogen-bond donors (Lipinski definition) is 1. The van der Waals surface area contributed by atoms with E-state index < -0.39 is 6.36 Å². The average molecular weight is 571 g/mol. The normalized spacial score (nSPS) is 15.2. The second-order valence-electron chi connectivity index (χ2n) is 10.4. The Kier molecular flexibility index (Phi) is 8.71. The van der Waals surface area contributed by atoms with Gasteiger partial charge in [-0.2, -0.15) is 0 Å². The topological polar surface area (TPSA) is 46.7 Å². The molecule has 0 amide bonds. The molecule has 0 unspecified atom stereocenters. The van der Waals surface area contributed by atoms with Crippen LogP contribution in [0.25, 0.3) is 22.0 Å². The third-order valence-corrected chi connectivity index (χ3v) is 7.75. The molecule has 0 saturated carbocycles. The first-order valence-electron chi connectivity index (χ1n) is 13.6. The summed E-state index contributed by atoms with van der Waals surface area (Å²) in [6.45, 7) is 9.19. The molecule has 1 aromatic heterocycles. The number of alkyl halides is 3. The average Bonchev–Trinajstić information content (AvgIpc) is 3.27. The van der Waals surface area contributed by atoms with Gasteiger partial charge >= 0.3 is 6.36 Å². The van der Waals surface area contributed by atoms with Crippen LogP contribution in [0.4, 0.5) is 13.2 Å². The summed E-state index contributed by atoms with van der Waals surface area (Å²) in [6, 6.07) is 18.7. The van der Waals surface area contributed by atoms with Crippen LogP contribution in [-0.4, -0.2) is 53.5 Å². The number of aryl methyl sites for hydroxylation is 2. The SMILES string of the molecule is Cc1cc(Cl)ccc1CN1CCN(Cc2ccc3c(c2)c(-c2ccc(OC(F)(F)F)cc2)cn3CCCN)CC1. The molecule has 212 valence electrons. The standard InChI is InChI=1S/C31H34ClF3N4O/c1-22-17-26(32)7-4-25(22)20-38-15-13-37(14-16-38)19-23-3-10-30-28(18-23)29(21-39(30)12-2-11-36)24-5-8-27(9-6-24)40-31(33,34)35/h3-10,17-18,21H,2,11-16,19-20,36H2,1H3. The molecular formula is C31H34ClF3N4O. The van der Waals surface area contributed by atoms with Gasteiger partial charge in [-0.25, -0.2) is 0 Å². The van der Waals surface area contributed by atoms with Crippen LogP contribution >= 0.6 is 11.6 Å². The van der Waals surface area contributed by atoms with Crippen molar-refractivity contribution in [1.29, 1.82) is 0 Å². The van der Waals surface area contributed by atoms with E-state index in [4.69, 9.17) is 17.3 Å². The Balaban J connectivity index is 1.31. The van der Waals surface area contributed by atoms with Crippen LogP contribution in [0.1, 0.15) is 23.1 Å². The summed E-state index contributed by atoms with van der Waals surface area (Å²) in [7, 11) is 0. The van der Waals surface area contributed by atoms with E-state index in [0.29, 0.717) is 6.54 Å². The first-order valence-corrected chi connectivity index (χ1v) is 13.9. The molecule has 0 atom stereocenters. The van der Waals surface area contributed by atoms with E-state index >= 15 is 0 Å². The molecule has 0 bridgehead atoms. The van der Waals surface area contributed by atoms with Crippen molar-refractivity contribution in [3.63, 3.8) is 0 Å². The molecule has 2 heterocycles.